The molecule has 1 aromatic carbocycles. The van der Waals surface area contributed by atoms with Gasteiger partial charge in [-0.25, -0.2) is 0 Å². The summed E-state index contributed by atoms with van der Waals surface area (Å²) >= 11 is 1.51. The molecule has 0 radical (unpaired) electrons. The number of nitrogens with zero attached hydrogens (tertiary/aromatic N) is 1. The smallest absolute Gasteiger partial charge is 0.247 e. The normalized spacial score (nSPS) is 18.4. The lowest BCUT2D eigenvalue weighted by Crippen LogP contribution is -2.41. The molecule has 1 aliphatic heterocycles. The standard InChI is InChI=1S/C21H22N4O2S/c22-12-14-13-7-3-1-2-4-10-18(13)28-21(14)25-19(26)11-17-20(27)24-16-9-6-5-8-15(16)23-17/h5-6,8-9,17,23H,1-4,7,10-11H2,(H,24,27)(H,25,26). The number of nitrogens with one attached hydrogen (secondary N) is 3. The average Bonchev–Trinajstić information content (AvgIpc) is 2.97. The van der Waals surface area contributed by atoms with Crippen molar-refractivity contribution >= 4 is 39.5 Å². The molecule has 6 nitrogen and oxygen atoms in total. The van der Waals surface area contributed by atoms with E-state index in [2.05, 4.69) is 22.0 Å². The molecule has 0 spiro atoms. The van der Waals surface area contributed by atoms with Crippen LogP contribution in [0.4, 0.5) is 16.4 Å². The first kappa shape index (κ1) is 18.5. The van der Waals surface area contributed by atoms with Crippen molar-refractivity contribution in [2.75, 3.05) is 16.0 Å². The van der Waals surface area contributed by atoms with E-state index in [1.807, 2.05) is 24.3 Å². The van der Waals surface area contributed by atoms with Crippen molar-refractivity contribution in [3.63, 3.8) is 0 Å². The highest BCUT2D eigenvalue weighted by atomic mass is 32.1. The molecule has 3 N–H and O–H groups in total. The van der Waals surface area contributed by atoms with E-state index in [1.165, 1.54) is 29.1 Å². The van der Waals surface area contributed by atoms with Gasteiger partial charge in [-0.2, -0.15) is 5.26 Å². The number of carbonyl (C=O) groups is 2. The summed E-state index contributed by atoms with van der Waals surface area (Å²) in [4.78, 5) is 26.1. The number of anilines is 3. The number of benzene rings is 1. The van der Waals surface area contributed by atoms with Crippen LogP contribution in [0.2, 0.25) is 0 Å². The van der Waals surface area contributed by atoms with Crippen molar-refractivity contribution in [1.29, 1.82) is 5.26 Å². The maximum atomic E-state index is 12.6. The highest BCUT2D eigenvalue weighted by molar-refractivity contribution is 7.16. The summed E-state index contributed by atoms with van der Waals surface area (Å²) in [6, 6.07) is 9.05. The molecule has 2 aliphatic rings. The second-order valence-corrected chi connectivity index (χ2v) is 8.32. The number of hydrogen-bond acceptors (Lipinski definition) is 5. The molecule has 1 unspecified atom stereocenters. The Bertz CT molecular complexity index is 960. The molecule has 0 saturated heterocycles. The lowest BCUT2D eigenvalue weighted by Gasteiger charge is -2.26. The largest absolute Gasteiger partial charge is 0.372 e. The maximum absolute atomic E-state index is 12.6. The van der Waals surface area contributed by atoms with Crippen LogP contribution in [-0.4, -0.2) is 17.9 Å². The highest BCUT2D eigenvalue weighted by Crippen LogP contribution is 2.36. The van der Waals surface area contributed by atoms with Crippen LogP contribution in [0.1, 0.15) is 48.1 Å². The zero-order valence-electron chi connectivity index (χ0n) is 15.5. The van der Waals surface area contributed by atoms with E-state index >= 15 is 0 Å². The lowest BCUT2D eigenvalue weighted by molar-refractivity contribution is -0.122. The summed E-state index contributed by atoms with van der Waals surface area (Å²) in [5, 5.41) is 19.1. The molecule has 1 aliphatic carbocycles. The van der Waals surface area contributed by atoms with Gasteiger partial charge in [0, 0.05) is 4.88 Å². The van der Waals surface area contributed by atoms with Gasteiger partial charge in [-0.05, 0) is 43.4 Å². The summed E-state index contributed by atoms with van der Waals surface area (Å²) in [7, 11) is 0. The van der Waals surface area contributed by atoms with Gasteiger partial charge in [0.15, 0.2) is 0 Å². The Kier molecular flexibility index (Phi) is 5.31. The summed E-state index contributed by atoms with van der Waals surface area (Å²) in [5.41, 5.74) is 3.22. The third-order valence-corrected chi connectivity index (χ3v) is 6.46. The molecule has 1 atom stereocenters. The van der Waals surface area contributed by atoms with Crippen LogP contribution in [0, 0.1) is 11.3 Å². The zero-order chi connectivity index (χ0) is 19.5. The molecular weight excluding hydrogens is 372 g/mol. The highest BCUT2D eigenvalue weighted by Gasteiger charge is 2.28. The SMILES string of the molecule is N#Cc1c(NC(=O)CC2Nc3ccccc3NC2=O)sc2c1CCCCCC2. The van der Waals surface area contributed by atoms with Gasteiger partial charge in [0.1, 0.15) is 17.1 Å². The van der Waals surface area contributed by atoms with Crippen molar-refractivity contribution in [2.24, 2.45) is 0 Å². The monoisotopic (exact) mass is 394 g/mol. The minimum Gasteiger partial charge on any atom is -0.372 e. The zero-order valence-corrected chi connectivity index (χ0v) is 16.3. The van der Waals surface area contributed by atoms with Crippen molar-refractivity contribution in [2.45, 2.75) is 51.0 Å². The van der Waals surface area contributed by atoms with Crippen LogP contribution in [0.5, 0.6) is 0 Å². The van der Waals surface area contributed by atoms with Gasteiger partial charge in [0.2, 0.25) is 11.8 Å². The van der Waals surface area contributed by atoms with Gasteiger partial charge in [0.05, 0.1) is 23.4 Å². The topological polar surface area (TPSA) is 94.0 Å². The predicted octanol–water partition coefficient (Wildman–Crippen LogP) is 4.04. The molecule has 2 amide bonds. The summed E-state index contributed by atoms with van der Waals surface area (Å²) in [6.45, 7) is 0. The third-order valence-electron chi connectivity index (χ3n) is 5.26. The van der Waals surface area contributed by atoms with E-state index in [0.29, 0.717) is 16.3 Å². The fraction of sp³-hybridized carbons (Fsp3) is 0.381. The Morgan fingerprint density at radius 2 is 1.93 bits per heavy atom. The molecule has 0 fully saturated rings. The maximum Gasteiger partial charge on any atom is 0.247 e. The van der Waals surface area contributed by atoms with E-state index in [-0.39, 0.29) is 18.2 Å². The minimum absolute atomic E-state index is 0.00754. The molecule has 0 bridgehead atoms. The van der Waals surface area contributed by atoms with Crippen molar-refractivity contribution in [3.8, 4) is 6.07 Å². The Morgan fingerprint density at radius 3 is 2.71 bits per heavy atom. The van der Waals surface area contributed by atoms with Gasteiger partial charge in [-0.15, -0.1) is 11.3 Å². The molecule has 28 heavy (non-hydrogen) atoms. The van der Waals surface area contributed by atoms with Crippen LogP contribution >= 0.6 is 11.3 Å². The first-order valence-corrected chi connectivity index (χ1v) is 10.5. The first-order valence-electron chi connectivity index (χ1n) is 9.66. The van der Waals surface area contributed by atoms with Crippen LogP contribution in [0.15, 0.2) is 24.3 Å². The summed E-state index contributed by atoms with van der Waals surface area (Å²) in [6.07, 6.45) is 6.47. The predicted molar refractivity (Wildman–Crippen MR) is 111 cm³/mol. The molecule has 0 saturated carbocycles. The Balaban J connectivity index is 1.48. The average molecular weight is 395 g/mol. The van der Waals surface area contributed by atoms with Crippen molar-refractivity contribution in [1.82, 2.24) is 0 Å². The fourth-order valence-electron chi connectivity index (χ4n) is 3.82. The molecule has 2 heterocycles. The van der Waals surface area contributed by atoms with Crippen LogP contribution in [-0.2, 0) is 22.4 Å². The van der Waals surface area contributed by atoms with Gasteiger partial charge in [-0.1, -0.05) is 25.0 Å². The van der Waals surface area contributed by atoms with Gasteiger partial charge < -0.3 is 16.0 Å². The molecule has 4 rings (SSSR count). The van der Waals surface area contributed by atoms with Gasteiger partial charge in [-0.3, -0.25) is 9.59 Å². The minimum atomic E-state index is -0.638. The van der Waals surface area contributed by atoms with E-state index in [4.69, 9.17) is 0 Å². The molecular formula is C21H22N4O2S. The van der Waals surface area contributed by atoms with Gasteiger partial charge >= 0.3 is 0 Å². The molecule has 7 heteroatoms. The lowest BCUT2D eigenvalue weighted by atomic mass is 9.97. The van der Waals surface area contributed by atoms with Crippen molar-refractivity contribution in [3.05, 3.63) is 40.3 Å². The number of rotatable bonds is 3. The second kappa shape index (κ2) is 8.03. The number of amides is 2. The van der Waals surface area contributed by atoms with Gasteiger partial charge in [0.25, 0.3) is 0 Å². The van der Waals surface area contributed by atoms with Crippen LogP contribution in [0.3, 0.4) is 0 Å². The summed E-state index contributed by atoms with van der Waals surface area (Å²) < 4.78 is 0. The van der Waals surface area contributed by atoms with Crippen LogP contribution in [0.25, 0.3) is 0 Å². The van der Waals surface area contributed by atoms with Crippen molar-refractivity contribution < 1.29 is 9.59 Å². The molecule has 144 valence electrons. The van der Waals surface area contributed by atoms with Crippen LogP contribution < -0.4 is 16.0 Å². The molecule has 2 aromatic rings. The Hall–Kier alpha value is -2.85. The number of fused-ring (bicyclic) bond motifs is 2. The van der Waals surface area contributed by atoms with E-state index in [9.17, 15) is 14.9 Å². The first-order chi connectivity index (χ1) is 13.7. The van der Waals surface area contributed by atoms with E-state index < -0.39 is 6.04 Å². The van der Waals surface area contributed by atoms with E-state index in [1.54, 1.807) is 0 Å². The van der Waals surface area contributed by atoms with E-state index in [0.717, 1.165) is 36.9 Å². The number of hydrogen-bond donors (Lipinski definition) is 3. The number of nitriles is 1. The number of aryl methyl sites for hydroxylation is 1. The number of para-hydroxylation sites is 2. The number of thiophene rings is 1. The summed E-state index contributed by atoms with van der Waals surface area (Å²) in [5.74, 6) is -0.495. The second-order valence-electron chi connectivity index (χ2n) is 7.22. The quantitative estimate of drug-likeness (QED) is 0.732. The Labute approximate surface area is 167 Å². The third kappa shape index (κ3) is 3.73. The number of carbonyl (C=O) groups excluding carboxylic acids is 2. The molecule has 1 aromatic heterocycles. The Morgan fingerprint density at radius 1 is 1.18 bits per heavy atom. The fourth-order valence-corrected chi connectivity index (χ4v) is 5.08.